The third kappa shape index (κ3) is 3.84. The van der Waals surface area contributed by atoms with Gasteiger partial charge in [-0.15, -0.1) is 0 Å². The van der Waals surface area contributed by atoms with Crippen molar-refractivity contribution in [1.82, 2.24) is 19.9 Å². The topological polar surface area (TPSA) is 62.1 Å². The van der Waals surface area contributed by atoms with Crippen LogP contribution in [0.1, 0.15) is 5.69 Å². The smallest absolute Gasteiger partial charge is 0.236 e. The summed E-state index contributed by atoms with van der Waals surface area (Å²) in [6, 6.07) is 7.97. The summed E-state index contributed by atoms with van der Waals surface area (Å²) in [6.45, 7) is 7.77. The number of carbonyl (C=O) groups excluding carboxylic acids is 1. The van der Waals surface area contributed by atoms with Crippen LogP contribution < -0.4 is 0 Å². The van der Waals surface area contributed by atoms with Gasteiger partial charge in [0.1, 0.15) is 5.69 Å². The van der Waals surface area contributed by atoms with Crippen LogP contribution in [0.15, 0.2) is 28.8 Å². The molecule has 25 heavy (non-hydrogen) atoms. The van der Waals surface area contributed by atoms with E-state index in [0.29, 0.717) is 19.8 Å². The summed E-state index contributed by atoms with van der Waals surface area (Å²) in [6.07, 6.45) is 0. The number of aromatic nitrogens is 1. The van der Waals surface area contributed by atoms with Gasteiger partial charge in [0.15, 0.2) is 5.58 Å². The van der Waals surface area contributed by atoms with Crippen LogP contribution in [0.2, 0.25) is 0 Å². The SMILES string of the molecule is O=C(CN1CCN(Cc2noc3ccccc23)CC1)N1CCOCC1. The van der Waals surface area contributed by atoms with Crippen LogP contribution in [0.5, 0.6) is 0 Å². The van der Waals surface area contributed by atoms with E-state index >= 15 is 0 Å². The van der Waals surface area contributed by atoms with E-state index in [0.717, 1.165) is 62.5 Å². The molecule has 4 rings (SSSR count). The Bertz CT molecular complexity index is 718. The van der Waals surface area contributed by atoms with Gasteiger partial charge in [0, 0.05) is 51.2 Å². The first-order valence-corrected chi connectivity index (χ1v) is 8.93. The van der Waals surface area contributed by atoms with E-state index in [9.17, 15) is 4.79 Å². The van der Waals surface area contributed by atoms with E-state index in [4.69, 9.17) is 9.26 Å². The average Bonchev–Trinajstić information content (AvgIpc) is 3.07. The molecule has 2 aliphatic rings. The molecule has 2 aromatic rings. The first kappa shape index (κ1) is 16.5. The number of rotatable bonds is 4. The number of amides is 1. The third-order valence-electron chi connectivity index (χ3n) is 5.01. The largest absolute Gasteiger partial charge is 0.378 e. The second kappa shape index (κ2) is 7.51. The fourth-order valence-electron chi connectivity index (χ4n) is 3.47. The Kier molecular flexibility index (Phi) is 4.96. The molecule has 7 heteroatoms. The molecule has 2 fully saturated rings. The van der Waals surface area contributed by atoms with Crippen molar-refractivity contribution in [1.29, 1.82) is 0 Å². The normalized spacial score (nSPS) is 20.2. The Labute approximate surface area is 147 Å². The molecule has 0 N–H and O–H groups in total. The van der Waals surface area contributed by atoms with Crippen LogP contribution in [-0.4, -0.2) is 84.8 Å². The number of hydrogen-bond donors (Lipinski definition) is 0. The van der Waals surface area contributed by atoms with Gasteiger partial charge >= 0.3 is 0 Å². The number of hydrogen-bond acceptors (Lipinski definition) is 6. The van der Waals surface area contributed by atoms with Crippen LogP contribution in [0, 0.1) is 0 Å². The summed E-state index contributed by atoms with van der Waals surface area (Å²) >= 11 is 0. The maximum absolute atomic E-state index is 12.3. The highest BCUT2D eigenvalue weighted by Gasteiger charge is 2.23. The number of fused-ring (bicyclic) bond motifs is 1. The minimum absolute atomic E-state index is 0.222. The van der Waals surface area contributed by atoms with Crippen molar-refractivity contribution >= 4 is 16.9 Å². The molecule has 0 radical (unpaired) electrons. The molecule has 0 atom stereocenters. The lowest BCUT2D eigenvalue weighted by Gasteiger charge is -2.35. The van der Waals surface area contributed by atoms with Crippen molar-refractivity contribution in [2.24, 2.45) is 0 Å². The quantitative estimate of drug-likeness (QED) is 0.818. The summed E-state index contributed by atoms with van der Waals surface area (Å²) in [5.41, 5.74) is 1.83. The van der Waals surface area contributed by atoms with E-state index in [2.05, 4.69) is 21.0 Å². The minimum Gasteiger partial charge on any atom is -0.378 e. The summed E-state index contributed by atoms with van der Waals surface area (Å²) in [7, 11) is 0. The molecular weight excluding hydrogens is 320 g/mol. The predicted octanol–water partition coefficient (Wildman–Crippen LogP) is 0.804. The lowest BCUT2D eigenvalue weighted by Crippen LogP contribution is -2.51. The van der Waals surface area contributed by atoms with Gasteiger partial charge in [0.25, 0.3) is 0 Å². The first-order chi connectivity index (χ1) is 12.3. The molecule has 2 aliphatic heterocycles. The maximum atomic E-state index is 12.3. The highest BCUT2D eigenvalue weighted by molar-refractivity contribution is 5.79. The van der Waals surface area contributed by atoms with Crippen LogP contribution >= 0.6 is 0 Å². The number of morpholine rings is 1. The van der Waals surface area contributed by atoms with Gasteiger partial charge < -0.3 is 14.2 Å². The van der Waals surface area contributed by atoms with E-state index < -0.39 is 0 Å². The van der Waals surface area contributed by atoms with Gasteiger partial charge in [0.05, 0.1) is 19.8 Å². The van der Waals surface area contributed by atoms with Crippen molar-refractivity contribution in [3.05, 3.63) is 30.0 Å². The number of para-hydroxylation sites is 1. The number of ether oxygens (including phenoxy) is 1. The van der Waals surface area contributed by atoms with E-state index in [1.807, 2.05) is 23.1 Å². The second-order valence-electron chi connectivity index (χ2n) is 6.67. The highest BCUT2D eigenvalue weighted by Crippen LogP contribution is 2.19. The van der Waals surface area contributed by atoms with Gasteiger partial charge in [-0.1, -0.05) is 17.3 Å². The summed E-state index contributed by atoms with van der Waals surface area (Å²) in [5, 5.41) is 5.31. The molecule has 7 nitrogen and oxygen atoms in total. The molecule has 0 spiro atoms. The lowest BCUT2D eigenvalue weighted by atomic mass is 10.2. The molecule has 0 unspecified atom stereocenters. The third-order valence-corrected chi connectivity index (χ3v) is 5.01. The van der Waals surface area contributed by atoms with Crippen molar-refractivity contribution in [2.75, 3.05) is 59.0 Å². The number of nitrogens with zero attached hydrogens (tertiary/aromatic N) is 4. The van der Waals surface area contributed by atoms with E-state index in [-0.39, 0.29) is 5.91 Å². The second-order valence-corrected chi connectivity index (χ2v) is 6.67. The fraction of sp³-hybridized carbons (Fsp3) is 0.556. The first-order valence-electron chi connectivity index (χ1n) is 8.93. The van der Waals surface area contributed by atoms with Gasteiger partial charge in [-0.2, -0.15) is 0 Å². The van der Waals surface area contributed by atoms with Crippen molar-refractivity contribution < 1.29 is 14.1 Å². The molecule has 3 heterocycles. The van der Waals surface area contributed by atoms with Gasteiger partial charge in [0.2, 0.25) is 5.91 Å². The van der Waals surface area contributed by atoms with Crippen LogP contribution in [-0.2, 0) is 16.1 Å². The zero-order valence-electron chi connectivity index (χ0n) is 14.4. The molecule has 1 amide bonds. The summed E-state index contributed by atoms with van der Waals surface area (Å²) in [5.74, 6) is 0.222. The molecule has 0 saturated carbocycles. The Balaban J connectivity index is 1.27. The minimum atomic E-state index is 0.222. The van der Waals surface area contributed by atoms with Gasteiger partial charge in [-0.05, 0) is 12.1 Å². The molecule has 0 aliphatic carbocycles. The highest BCUT2D eigenvalue weighted by atomic mass is 16.5. The van der Waals surface area contributed by atoms with Crippen LogP contribution in [0.3, 0.4) is 0 Å². The summed E-state index contributed by atoms with van der Waals surface area (Å²) < 4.78 is 10.7. The Hall–Kier alpha value is -1.96. The Morgan fingerprint density at radius 2 is 1.72 bits per heavy atom. The molecule has 1 aromatic heterocycles. The zero-order valence-corrected chi connectivity index (χ0v) is 14.4. The van der Waals surface area contributed by atoms with Crippen LogP contribution in [0.25, 0.3) is 11.0 Å². The molecule has 1 aromatic carbocycles. The molecule has 0 bridgehead atoms. The lowest BCUT2D eigenvalue weighted by molar-refractivity contribution is -0.136. The number of benzene rings is 1. The predicted molar refractivity (Wildman–Crippen MR) is 93.1 cm³/mol. The van der Waals surface area contributed by atoms with E-state index in [1.165, 1.54) is 0 Å². The molecular formula is C18H24N4O3. The van der Waals surface area contributed by atoms with Crippen LogP contribution in [0.4, 0.5) is 0 Å². The number of piperazine rings is 1. The maximum Gasteiger partial charge on any atom is 0.236 e. The van der Waals surface area contributed by atoms with Crippen molar-refractivity contribution in [3.63, 3.8) is 0 Å². The number of carbonyl (C=O) groups is 1. The Morgan fingerprint density at radius 3 is 2.52 bits per heavy atom. The van der Waals surface area contributed by atoms with Gasteiger partial charge in [-0.25, -0.2) is 0 Å². The fourth-order valence-corrected chi connectivity index (χ4v) is 3.47. The van der Waals surface area contributed by atoms with Gasteiger partial charge in [-0.3, -0.25) is 14.6 Å². The monoisotopic (exact) mass is 344 g/mol. The summed E-state index contributed by atoms with van der Waals surface area (Å²) in [4.78, 5) is 18.9. The van der Waals surface area contributed by atoms with Crippen molar-refractivity contribution in [2.45, 2.75) is 6.54 Å². The standard InChI is InChI=1S/C18H24N4O3/c23-18(22-9-11-24-12-10-22)14-21-7-5-20(6-8-21)13-16-15-3-1-2-4-17(15)25-19-16/h1-4H,5-14H2. The zero-order chi connectivity index (χ0) is 17.1. The van der Waals surface area contributed by atoms with Crippen molar-refractivity contribution in [3.8, 4) is 0 Å². The van der Waals surface area contributed by atoms with E-state index in [1.54, 1.807) is 0 Å². The Morgan fingerprint density at radius 1 is 1.00 bits per heavy atom. The average molecular weight is 344 g/mol. The molecule has 134 valence electrons. The molecule has 2 saturated heterocycles.